The van der Waals surface area contributed by atoms with Gasteiger partial charge in [0.05, 0.1) is 5.92 Å². The number of aromatic nitrogens is 1. The topological polar surface area (TPSA) is 50.2 Å². The second kappa shape index (κ2) is 2.59. The van der Waals surface area contributed by atoms with Gasteiger partial charge in [0, 0.05) is 12.4 Å². The van der Waals surface area contributed by atoms with E-state index in [2.05, 4.69) is 4.98 Å². The molecule has 3 nitrogen and oxygen atoms in total. The van der Waals surface area contributed by atoms with Crippen molar-refractivity contribution in [3.63, 3.8) is 0 Å². The second-order valence-corrected chi connectivity index (χ2v) is 3.09. The normalized spacial score (nSPS) is 20.5. The van der Waals surface area contributed by atoms with Gasteiger partial charge in [-0.1, -0.05) is 0 Å². The third kappa shape index (κ3) is 1.07. The molecule has 0 radical (unpaired) electrons. The monoisotopic (exact) mass is 163 g/mol. The van der Waals surface area contributed by atoms with Crippen LogP contribution >= 0.6 is 0 Å². The summed E-state index contributed by atoms with van der Waals surface area (Å²) in [5.74, 6) is -0.935. The Morgan fingerprint density at radius 2 is 2.25 bits per heavy atom. The Kier molecular flexibility index (Phi) is 1.57. The van der Waals surface area contributed by atoms with E-state index < -0.39 is 5.97 Å². The molecule has 1 aliphatic rings. The minimum atomic E-state index is -0.703. The first kappa shape index (κ1) is 7.28. The van der Waals surface area contributed by atoms with Gasteiger partial charge in [0.2, 0.25) is 0 Å². The van der Waals surface area contributed by atoms with Gasteiger partial charge in [0.25, 0.3) is 0 Å². The van der Waals surface area contributed by atoms with Crippen molar-refractivity contribution in [2.45, 2.75) is 12.8 Å². The predicted octanol–water partition coefficient (Wildman–Crippen LogP) is 0.881. The number of carboxylic acid groups (broad SMARTS) is 1. The Hall–Kier alpha value is -1.38. The lowest BCUT2D eigenvalue weighted by atomic mass is 10.1. The molecule has 0 amide bonds. The molecule has 1 heterocycles. The van der Waals surface area contributed by atoms with Crippen LogP contribution < -0.4 is 0 Å². The third-order valence-electron chi connectivity index (χ3n) is 2.29. The van der Waals surface area contributed by atoms with Crippen LogP contribution in [0.25, 0.3) is 0 Å². The van der Waals surface area contributed by atoms with Gasteiger partial charge in [0.1, 0.15) is 0 Å². The zero-order chi connectivity index (χ0) is 8.55. The number of hydrogen-bond acceptors (Lipinski definition) is 2. The molecule has 0 unspecified atom stereocenters. The number of hydrogen-bond donors (Lipinski definition) is 1. The molecule has 0 saturated heterocycles. The lowest BCUT2D eigenvalue weighted by Gasteiger charge is -1.98. The maximum Gasteiger partial charge on any atom is 0.307 e. The number of carbonyl (C=O) groups is 1. The Bertz CT molecular complexity index is 297. The molecular weight excluding hydrogens is 154 g/mol. The maximum atomic E-state index is 10.6. The SMILES string of the molecule is O=C(O)[C@H]1Cc2ccncc2C1. The molecule has 0 saturated carbocycles. The molecule has 62 valence electrons. The van der Waals surface area contributed by atoms with Crippen molar-refractivity contribution in [2.24, 2.45) is 5.92 Å². The molecule has 0 bridgehead atoms. The van der Waals surface area contributed by atoms with Crippen LogP contribution in [0.15, 0.2) is 18.5 Å². The number of aliphatic carboxylic acids is 1. The number of nitrogens with zero attached hydrogens (tertiary/aromatic N) is 1. The van der Waals surface area contributed by atoms with Gasteiger partial charge < -0.3 is 5.11 Å². The van der Waals surface area contributed by atoms with E-state index in [1.807, 2.05) is 6.07 Å². The highest BCUT2D eigenvalue weighted by atomic mass is 16.4. The number of pyridine rings is 1. The van der Waals surface area contributed by atoms with Crippen molar-refractivity contribution in [3.05, 3.63) is 29.6 Å². The third-order valence-corrected chi connectivity index (χ3v) is 2.29. The summed E-state index contributed by atoms with van der Waals surface area (Å²) in [5, 5.41) is 8.76. The zero-order valence-corrected chi connectivity index (χ0v) is 6.53. The molecule has 1 N–H and O–H groups in total. The van der Waals surface area contributed by atoms with Crippen molar-refractivity contribution >= 4 is 5.97 Å². The smallest absolute Gasteiger partial charge is 0.307 e. The summed E-state index contributed by atoms with van der Waals surface area (Å²) in [7, 11) is 0. The maximum absolute atomic E-state index is 10.6. The van der Waals surface area contributed by atoms with Crippen LogP contribution in [0.2, 0.25) is 0 Å². The summed E-state index contributed by atoms with van der Waals surface area (Å²) in [5.41, 5.74) is 2.22. The van der Waals surface area contributed by atoms with Crippen LogP contribution in [-0.4, -0.2) is 16.1 Å². The Balaban J connectivity index is 2.27. The fourth-order valence-corrected chi connectivity index (χ4v) is 1.62. The van der Waals surface area contributed by atoms with Crippen LogP contribution in [-0.2, 0) is 17.6 Å². The molecule has 1 aromatic rings. The quantitative estimate of drug-likeness (QED) is 0.668. The Labute approximate surface area is 70.1 Å². The summed E-state index contributed by atoms with van der Waals surface area (Å²) < 4.78 is 0. The molecule has 1 aliphatic carbocycles. The summed E-state index contributed by atoms with van der Waals surface area (Å²) in [6.45, 7) is 0. The number of carboxylic acids is 1. The zero-order valence-electron chi connectivity index (χ0n) is 6.53. The van der Waals surface area contributed by atoms with E-state index >= 15 is 0 Å². The van der Waals surface area contributed by atoms with E-state index in [4.69, 9.17) is 5.11 Å². The molecule has 1 atom stereocenters. The molecule has 2 rings (SSSR count). The van der Waals surface area contributed by atoms with Crippen molar-refractivity contribution in [1.29, 1.82) is 0 Å². The molecule has 0 aliphatic heterocycles. The lowest BCUT2D eigenvalue weighted by molar-refractivity contribution is -0.141. The number of rotatable bonds is 1. The van der Waals surface area contributed by atoms with Crippen LogP contribution in [0.3, 0.4) is 0 Å². The fourth-order valence-electron chi connectivity index (χ4n) is 1.62. The van der Waals surface area contributed by atoms with Gasteiger partial charge in [-0.2, -0.15) is 0 Å². The van der Waals surface area contributed by atoms with E-state index in [0.29, 0.717) is 12.8 Å². The van der Waals surface area contributed by atoms with E-state index in [0.717, 1.165) is 11.1 Å². The first-order valence-corrected chi connectivity index (χ1v) is 3.92. The first-order valence-electron chi connectivity index (χ1n) is 3.92. The minimum Gasteiger partial charge on any atom is -0.481 e. The van der Waals surface area contributed by atoms with Crippen LogP contribution in [0, 0.1) is 5.92 Å². The molecule has 12 heavy (non-hydrogen) atoms. The van der Waals surface area contributed by atoms with Gasteiger partial charge in [-0.05, 0) is 30.0 Å². The molecule has 0 spiro atoms. The molecule has 0 fully saturated rings. The Morgan fingerprint density at radius 3 is 2.92 bits per heavy atom. The summed E-state index contributed by atoms with van der Waals surface area (Å²) >= 11 is 0. The molecule has 1 aromatic heterocycles. The van der Waals surface area contributed by atoms with Gasteiger partial charge >= 0.3 is 5.97 Å². The average molecular weight is 163 g/mol. The fraction of sp³-hybridized carbons (Fsp3) is 0.333. The van der Waals surface area contributed by atoms with Crippen molar-refractivity contribution < 1.29 is 9.90 Å². The highest BCUT2D eigenvalue weighted by Gasteiger charge is 2.26. The van der Waals surface area contributed by atoms with Crippen LogP contribution in [0.5, 0.6) is 0 Å². The van der Waals surface area contributed by atoms with Gasteiger partial charge in [-0.15, -0.1) is 0 Å². The highest BCUT2D eigenvalue weighted by Crippen LogP contribution is 2.25. The summed E-state index contributed by atoms with van der Waals surface area (Å²) in [6, 6.07) is 1.90. The summed E-state index contributed by atoms with van der Waals surface area (Å²) in [6.07, 6.45) is 4.77. The standard InChI is InChI=1S/C9H9NO2/c11-9(12)7-3-6-1-2-10-5-8(6)4-7/h1-2,5,7H,3-4H2,(H,11,12)/t7-/m0/s1. The van der Waals surface area contributed by atoms with Crippen LogP contribution in [0.4, 0.5) is 0 Å². The average Bonchev–Trinajstić information content (AvgIpc) is 2.46. The van der Waals surface area contributed by atoms with Crippen molar-refractivity contribution in [3.8, 4) is 0 Å². The molecule has 0 aromatic carbocycles. The largest absolute Gasteiger partial charge is 0.481 e. The van der Waals surface area contributed by atoms with Gasteiger partial charge in [-0.25, -0.2) is 0 Å². The molecular formula is C9H9NO2. The van der Waals surface area contributed by atoms with Gasteiger partial charge in [-0.3, -0.25) is 9.78 Å². The number of fused-ring (bicyclic) bond motifs is 1. The van der Waals surface area contributed by atoms with Crippen molar-refractivity contribution in [2.75, 3.05) is 0 Å². The predicted molar refractivity (Wildman–Crippen MR) is 42.8 cm³/mol. The van der Waals surface area contributed by atoms with E-state index in [9.17, 15) is 4.79 Å². The Morgan fingerprint density at radius 1 is 1.50 bits per heavy atom. The minimum absolute atomic E-state index is 0.232. The van der Waals surface area contributed by atoms with Crippen LogP contribution in [0.1, 0.15) is 11.1 Å². The second-order valence-electron chi connectivity index (χ2n) is 3.09. The molecule has 3 heteroatoms. The van der Waals surface area contributed by atoms with E-state index in [1.165, 1.54) is 0 Å². The first-order chi connectivity index (χ1) is 5.77. The van der Waals surface area contributed by atoms with Crippen molar-refractivity contribution in [1.82, 2.24) is 4.98 Å². The summed E-state index contributed by atoms with van der Waals surface area (Å²) in [4.78, 5) is 14.6. The highest BCUT2D eigenvalue weighted by molar-refractivity contribution is 5.72. The van der Waals surface area contributed by atoms with E-state index in [-0.39, 0.29) is 5.92 Å². The lowest BCUT2D eigenvalue weighted by Crippen LogP contribution is -2.12. The van der Waals surface area contributed by atoms with E-state index in [1.54, 1.807) is 12.4 Å². The van der Waals surface area contributed by atoms with Gasteiger partial charge in [0.15, 0.2) is 0 Å².